The van der Waals surface area contributed by atoms with Crippen LogP contribution in [0, 0.1) is 0 Å². The molecule has 4 nitrogen and oxygen atoms in total. The number of hydrogen-bond donors (Lipinski definition) is 2. The second kappa shape index (κ2) is 9.55. The van der Waals surface area contributed by atoms with Gasteiger partial charge in [-0.1, -0.05) is 12.1 Å². The van der Waals surface area contributed by atoms with Crippen molar-refractivity contribution in [2.24, 2.45) is 0 Å². The predicted molar refractivity (Wildman–Crippen MR) is 88.5 cm³/mol. The summed E-state index contributed by atoms with van der Waals surface area (Å²) in [4.78, 5) is 2.17. The quantitative estimate of drug-likeness (QED) is 0.563. The first-order chi connectivity index (χ1) is 9.61. The van der Waals surface area contributed by atoms with Gasteiger partial charge in [-0.05, 0) is 63.4 Å². The highest BCUT2D eigenvalue weighted by Gasteiger charge is 1.97. The third-order valence-electron chi connectivity index (χ3n) is 2.93. The highest BCUT2D eigenvalue weighted by atomic mass is 32.1. The fourth-order valence-corrected chi connectivity index (χ4v) is 1.98. The number of methoxy groups -OCH3 is 1. The van der Waals surface area contributed by atoms with Crippen LogP contribution >= 0.6 is 12.2 Å². The second-order valence-corrected chi connectivity index (χ2v) is 5.35. The minimum absolute atomic E-state index is 0.734. The van der Waals surface area contributed by atoms with Gasteiger partial charge in [0, 0.05) is 13.1 Å². The summed E-state index contributed by atoms with van der Waals surface area (Å²) in [6.45, 7) is 2.82. The molecule has 0 aliphatic heterocycles. The van der Waals surface area contributed by atoms with E-state index in [1.54, 1.807) is 7.11 Å². The maximum atomic E-state index is 5.23. The molecule has 0 heterocycles. The summed E-state index contributed by atoms with van der Waals surface area (Å²) in [6.07, 6.45) is 2.04. The van der Waals surface area contributed by atoms with Crippen molar-refractivity contribution in [3.8, 4) is 5.75 Å². The largest absolute Gasteiger partial charge is 0.497 e. The van der Waals surface area contributed by atoms with E-state index in [-0.39, 0.29) is 0 Å². The van der Waals surface area contributed by atoms with Gasteiger partial charge in [0.15, 0.2) is 5.11 Å². The van der Waals surface area contributed by atoms with Crippen LogP contribution in [0.5, 0.6) is 5.75 Å². The van der Waals surface area contributed by atoms with Crippen LogP contribution in [0.15, 0.2) is 24.3 Å². The van der Waals surface area contributed by atoms with Crippen molar-refractivity contribution in [2.75, 3.05) is 40.8 Å². The molecule has 0 saturated carbocycles. The number of nitrogens with one attached hydrogen (secondary N) is 2. The summed E-state index contributed by atoms with van der Waals surface area (Å²) in [7, 11) is 5.83. The number of ether oxygens (including phenoxy) is 1. The smallest absolute Gasteiger partial charge is 0.166 e. The molecule has 1 aromatic carbocycles. The molecule has 0 bridgehead atoms. The molecule has 2 N–H and O–H groups in total. The lowest BCUT2D eigenvalue weighted by Gasteiger charge is -2.12. The summed E-state index contributed by atoms with van der Waals surface area (Å²) in [6, 6.07) is 8.11. The molecule has 5 heteroatoms. The molecule has 0 spiro atoms. The zero-order valence-electron chi connectivity index (χ0n) is 12.6. The first-order valence-corrected chi connectivity index (χ1v) is 7.32. The third kappa shape index (κ3) is 7.31. The first kappa shape index (κ1) is 16.7. The minimum atomic E-state index is 0.734. The number of thiocarbonyl (C=S) groups is 1. The molecule has 112 valence electrons. The van der Waals surface area contributed by atoms with E-state index in [1.807, 2.05) is 12.1 Å². The summed E-state index contributed by atoms with van der Waals surface area (Å²) in [5.74, 6) is 0.889. The van der Waals surface area contributed by atoms with Crippen LogP contribution in [0.4, 0.5) is 0 Å². The topological polar surface area (TPSA) is 36.5 Å². The number of nitrogens with zero attached hydrogens (tertiary/aromatic N) is 1. The molecule has 0 atom stereocenters. The lowest BCUT2D eigenvalue weighted by Crippen LogP contribution is -2.37. The first-order valence-electron chi connectivity index (χ1n) is 6.91. The van der Waals surface area contributed by atoms with E-state index >= 15 is 0 Å². The van der Waals surface area contributed by atoms with E-state index in [4.69, 9.17) is 17.0 Å². The van der Waals surface area contributed by atoms with Crippen LogP contribution in [0.2, 0.25) is 0 Å². The van der Waals surface area contributed by atoms with Crippen molar-refractivity contribution in [3.05, 3.63) is 29.8 Å². The van der Waals surface area contributed by atoms with Crippen molar-refractivity contribution in [2.45, 2.75) is 12.8 Å². The Balaban J connectivity index is 2.11. The SMILES string of the molecule is COc1ccc(CCNC(=S)NCCCN(C)C)cc1. The maximum absolute atomic E-state index is 5.23. The van der Waals surface area contributed by atoms with Gasteiger partial charge in [0.2, 0.25) is 0 Å². The Morgan fingerprint density at radius 3 is 2.40 bits per heavy atom. The zero-order chi connectivity index (χ0) is 14.8. The minimum Gasteiger partial charge on any atom is -0.497 e. The summed E-state index contributed by atoms with van der Waals surface area (Å²) >= 11 is 5.23. The molecule has 0 unspecified atom stereocenters. The van der Waals surface area contributed by atoms with E-state index in [0.29, 0.717) is 0 Å². The summed E-state index contributed by atoms with van der Waals surface area (Å²) in [5, 5.41) is 7.17. The Morgan fingerprint density at radius 2 is 1.80 bits per heavy atom. The van der Waals surface area contributed by atoms with Gasteiger partial charge in [0.05, 0.1) is 7.11 Å². The molecule has 0 saturated heterocycles. The van der Waals surface area contributed by atoms with Gasteiger partial charge in [-0.3, -0.25) is 0 Å². The van der Waals surface area contributed by atoms with Crippen LogP contribution in [-0.4, -0.2) is 50.9 Å². The van der Waals surface area contributed by atoms with Crippen LogP contribution in [-0.2, 0) is 6.42 Å². The maximum Gasteiger partial charge on any atom is 0.166 e. The molecule has 1 aromatic rings. The van der Waals surface area contributed by atoms with Crippen LogP contribution < -0.4 is 15.4 Å². The Labute approximate surface area is 127 Å². The van der Waals surface area contributed by atoms with E-state index in [0.717, 1.165) is 43.3 Å². The molecular formula is C15H25N3OS. The molecule has 1 rings (SSSR count). The predicted octanol–water partition coefficient (Wildman–Crippen LogP) is 1.65. The lowest BCUT2D eigenvalue weighted by molar-refractivity contribution is 0.400. The monoisotopic (exact) mass is 295 g/mol. The van der Waals surface area contributed by atoms with Crippen molar-refractivity contribution >= 4 is 17.3 Å². The van der Waals surface area contributed by atoms with Gasteiger partial charge in [-0.2, -0.15) is 0 Å². The molecule has 0 aromatic heterocycles. The summed E-state index contributed by atoms with van der Waals surface area (Å²) < 4.78 is 5.13. The second-order valence-electron chi connectivity index (χ2n) is 4.94. The Kier molecular flexibility index (Phi) is 7.99. The van der Waals surface area contributed by atoms with Crippen molar-refractivity contribution in [1.29, 1.82) is 0 Å². The van der Waals surface area contributed by atoms with Gasteiger partial charge in [0.1, 0.15) is 5.75 Å². The molecule has 0 radical (unpaired) electrons. The average molecular weight is 295 g/mol. The number of benzene rings is 1. The third-order valence-corrected chi connectivity index (χ3v) is 3.21. The van der Waals surface area contributed by atoms with Gasteiger partial charge >= 0.3 is 0 Å². The standard InChI is InChI=1S/C15H25N3OS/c1-18(2)12-4-10-16-15(20)17-11-9-13-5-7-14(19-3)8-6-13/h5-8H,4,9-12H2,1-3H3,(H2,16,17,20). The fraction of sp³-hybridized carbons (Fsp3) is 0.533. The van der Waals surface area contributed by atoms with Crippen LogP contribution in [0.1, 0.15) is 12.0 Å². The average Bonchev–Trinajstić information content (AvgIpc) is 2.44. The van der Waals surface area contributed by atoms with E-state index in [1.165, 1.54) is 5.56 Å². The lowest BCUT2D eigenvalue weighted by atomic mass is 10.1. The van der Waals surface area contributed by atoms with Crippen LogP contribution in [0.25, 0.3) is 0 Å². The number of rotatable bonds is 8. The van der Waals surface area contributed by atoms with E-state index in [2.05, 4.69) is 41.8 Å². The van der Waals surface area contributed by atoms with Gasteiger partial charge in [0.25, 0.3) is 0 Å². The van der Waals surface area contributed by atoms with Crippen LogP contribution in [0.3, 0.4) is 0 Å². The van der Waals surface area contributed by atoms with Gasteiger partial charge in [-0.25, -0.2) is 0 Å². The van der Waals surface area contributed by atoms with E-state index < -0.39 is 0 Å². The van der Waals surface area contributed by atoms with Gasteiger partial charge < -0.3 is 20.3 Å². The Hall–Kier alpha value is -1.33. The molecule has 0 amide bonds. The van der Waals surface area contributed by atoms with Crippen molar-refractivity contribution < 1.29 is 4.74 Å². The van der Waals surface area contributed by atoms with Crippen molar-refractivity contribution in [1.82, 2.24) is 15.5 Å². The molecule has 0 fully saturated rings. The number of hydrogen-bond acceptors (Lipinski definition) is 3. The fourth-order valence-electron chi connectivity index (χ4n) is 1.77. The normalized spacial score (nSPS) is 10.4. The molecule has 20 heavy (non-hydrogen) atoms. The highest BCUT2D eigenvalue weighted by Crippen LogP contribution is 2.11. The summed E-state index contributed by atoms with van der Waals surface area (Å²) in [5.41, 5.74) is 1.27. The highest BCUT2D eigenvalue weighted by molar-refractivity contribution is 7.80. The van der Waals surface area contributed by atoms with Gasteiger partial charge in [-0.15, -0.1) is 0 Å². The van der Waals surface area contributed by atoms with E-state index in [9.17, 15) is 0 Å². The zero-order valence-corrected chi connectivity index (χ0v) is 13.4. The molecule has 0 aliphatic rings. The molecule has 0 aliphatic carbocycles. The molecular weight excluding hydrogens is 270 g/mol. The Morgan fingerprint density at radius 1 is 1.15 bits per heavy atom. The van der Waals surface area contributed by atoms with Crippen molar-refractivity contribution in [3.63, 3.8) is 0 Å². The Bertz CT molecular complexity index is 393.